The van der Waals surface area contributed by atoms with Crippen molar-refractivity contribution in [3.8, 4) is 0 Å². The predicted octanol–water partition coefficient (Wildman–Crippen LogP) is 2.74. The fourth-order valence-electron chi connectivity index (χ4n) is 4.32. The van der Waals surface area contributed by atoms with E-state index in [4.69, 9.17) is 0 Å². The summed E-state index contributed by atoms with van der Waals surface area (Å²) in [7, 11) is 0. The fourth-order valence-corrected chi connectivity index (χ4v) is 4.32. The second kappa shape index (κ2) is 8.23. The molecular weight excluding hydrogens is 322 g/mol. The smallest absolute Gasteiger partial charge is 0.124 e. The Bertz CT molecular complexity index is 696. The van der Waals surface area contributed by atoms with Gasteiger partial charge in [0, 0.05) is 44.7 Å². The van der Waals surface area contributed by atoms with Gasteiger partial charge in [0.05, 0.1) is 5.69 Å². The van der Waals surface area contributed by atoms with Gasteiger partial charge in [-0.05, 0) is 44.3 Å². The van der Waals surface area contributed by atoms with Crippen LogP contribution >= 0.6 is 0 Å². The maximum absolute atomic E-state index is 4.57. The number of aryl methyl sites for hydroxylation is 1. The third-order valence-corrected chi connectivity index (χ3v) is 5.62. The first kappa shape index (κ1) is 17.6. The van der Waals surface area contributed by atoms with Crippen LogP contribution in [0, 0.1) is 18.8 Å². The highest BCUT2D eigenvalue weighted by Gasteiger charge is 2.22. The van der Waals surface area contributed by atoms with Gasteiger partial charge in [-0.3, -0.25) is 4.90 Å². The molecule has 1 aromatic carbocycles. The van der Waals surface area contributed by atoms with Crippen LogP contribution in [0.3, 0.4) is 0 Å². The average Bonchev–Trinajstić information content (AvgIpc) is 3.02. The number of likely N-dealkylation sites (tertiary alicyclic amines) is 1. The van der Waals surface area contributed by atoms with Crippen LogP contribution in [0.2, 0.25) is 0 Å². The Morgan fingerprint density at radius 2 is 2.00 bits per heavy atom. The number of hydrogen-bond acceptors (Lipinski definition) is 4. The topological polar surface area (TPSA) is 45.1 Å². The number of nitrogens with one attached hydrogen (secondary N) is 2. The maximum atomic E-state index is 4.57. The van der Waals surface area contributed by atoms with Crippen molar-refractivity contribution in [3.05, 3.63) is 47.7 Å². The lowest BCUT2D eigenvalue weighted by molar-refractivity contribution is 0.164. The zero-order chi connectivity index (χ0) is 17.8. The summed E-state index contributed by atoms with van der Waals surface area (Å²) in [6.45, 7) is 9.87. The average molecular weight is 354 g/mol. The zero-order valence-corrected chi connectivity index (χ0v) is 15.8. The largest absolute Gasteiger partial charge is 0.370 e. The third-order valence-electron chi connectivity index (χ3n) is 5.62. The van der Waals surface area contributed by atoms with Gasteiger partial charge < -0.3 is 10.6 Å². The Labute approximate surface area is 156 Å². The molecule has 2 aromatic rings. The van der Waals surface area contributed by atoms with E-state index in [1.807, 2.05) is 0 Å². The van der Waals surface area contributed by atoms with Gasteiger partial charge in [-0.25, -0.2) is 4.68 Å². The van der Waals surface area contributed by atoms with Gasteiger partial charge in [0.15, 0.2) is 0 Å². The molecule has 2 atom stereocenters. The Morgan fingerprint density at radius 1 is 1.15 bits per heavy atom. The molecule has 1 saturated heterocycles. The highest BCUT2D eigenvalue weighted by molar-refractivity contribution is 5.38. The van der Waals surface area contributed by atoms with Crippen molar-refractivity contribution >= 4 is 5.82 Å². The van der Waals surface area contributed by atoms with Crippen LogP contribution in [0.5, 0.6) is 0 Å². The van der Waals surface area contributed by atoms with Crippen LogP contribution in [0.1, 0.15) is 24.1 Å². The maximum Gasteiger partial charge on any atom is 0.124 e. The van der Waals surface area contributed by atoms with Gasteiger partial charge in [0.1, 0.15) is 5.82 Å². The van der Waals surface area contributed by atoms with Gasteiger partial charge in [-0.2, -0.15) is 5.10 Å². The second-order valence-electron chi connectivity index (χ2n) is 7.99. The number of piperidine rings is 1. The minimum absolute atomic E-state index is 0.616. The van der Waals surface area contributed by atoms with E-state index in [-0.39, 0.29) is 0 Å². The van der Waals surface area contributed by atoms with E-state index in [9.17, 15) is 0 Å². The highest BCUT2D eigenvalue weighted by Crippen LogP contribution is 2.20. The van der Waals surface area contributed by atoms with Crippen molar-refractivity contribution in [2.75, 3.05) is 38.0 Å². The molecule has 3 heterocycles. The first-order valence-electron chi connectivity index (χ1n) is 10.0. The van der Waals surface area contributed by atoms with E-state index >= 15 is 0 Å². The summed E-state index contributed by atoms with van der Waals surface area (Å²) in [6, 6.07) is 13.0. The quantitative estimate of drug-likeness (QED) is 0.838. The van der Waals surface area contributed by atoms with Gasteiger partial charge >= 0.3 is 0 Å². The van der Waals surface area contributed by atoms with Gasteiger partial charge in [-0.15, -0.1) is 0 Å². The van der Waals surface area contributed by atoms with E-state index in [0.717, 1.165) is 44.3 Å². The van der Waals surface area contributed by atoms with Crippen molar-refractivity contribution in [3.63, 3.8) is 0 Å². The normalized spacial score (nSPS) is 23.4. The van der Waals surface area contributed by atoms with E-state index in [1.165, 1.54) is 37.3 Å². The molecule has 0 spiro atoms. The van der Waals surface area contributed by atoms with Crippen LogP contribution < -0.4 is 10.6 Å². The summed E-state index contributed by atoms with van der Waals surface area (Å²) in [4.78, 5) is 2.62. The van der Waals surface area contributed by atoms with Crippen LogP contribution in [0.15, 0.2) is 36.4 Å². The number of fused-ring (bicyclic) bond motifs is 1. The molecular formula is C21H31N5. The van der Waals surface area contributed by atoms with Crippen molar-refractivity contribution in [1.82, 2.24) is 20.0 Å². The predicted molar refractivity (Wildman–Crippen MR) is 106 cm³/mol. The number of aromatic nitrogens is 2. The minimum atomic E-state index is 0.616. The molecule has 0 aliphatic carbocycles. The molecule has 140 valence electrons. The summed E-state index contributed by atoms with van der Waals surface area (Å²) >= 11 is 0. The standard InChI is InChI=1S/C21H31N5/c1-17-10-21-23-13-20(16-26(21)24-17)12-22-11-19-8-5-9-25(15-19)14-18-6-3-2-4-7-18/h2-4,6-7,10,19-20,22-23H,5,8-9,11-16H2,1H3/t19-,20+/m1/s1. The molecule has 2 N–H and O–H groups in total. The molecule has 2 aliphatic heterocycles. The number of nitrogens with zero attached hydrogens (tertiary/aromatic N) is 3. The van der Waals surface area contributed by atoms with Gasteiger partial charge in [-0.1, -0.05) is 30.3 Å². The van der Waals surface area contributed by atoms with E-state index in [2.05, 4.69) is 68.6 Å². The first-order chi connectivity index (χ1) is 12.8. The first-order valence-corrected chi connectivity index (χ1v) is 10.0. The molecule has 1 aromatic heterocycles. The van der Waals surface area contributed by atoms with Gasteiger partial charge in [0.2, 0.25) is 0 Å². The summed E-state index contributed by atoms with van der Waals surface area (Å²) in [5.41, 5.74) is 2.53. The summed E-state index contributed by atoms with van der Waals surface area (Å²) in [5.74, 6) is 2.56. The molecule has 0 radical (unpaired) electrons. The number of rotatable bonds is 6. The molecule has 5 nitrogen and oxygen atoms in total. The fraction of sp³-hybridized carbons (Fsp3) is 0.571. The lowest BCUT2D eigenvalue weighted by Crippen LogP contribution is -2.41. The van der Waals surface area contributed by atoms with E-state index in [1.54, 1.807) is 0 Å². The Morgan fingerprint density at radius 3 is 2.88 bits per heavy atom. The van der Waals surface area contributed by atoms with Crippen molar-refractivity contribution in [1.29, 1.82) is 0 Å². The molecule has 0 amide bonds. The van der Waals surface area contributed by atoms with Crippen LogP contribution in [0.4, 0.5) is 5.82 Å². The van der Waals surface area contributed by atoms with Crippen LogP contribution in [-0.2, 0) is 13.1 Å². The number of benzene rings is 1. The number of hydrogen-bond donors (Lipinski definition) is 2. The van der Waals surface area contributed by atoms with Crippen LogP contribution in [0.25, 0.3) is 0 Å². The molecule has 1 fully saturated rings. The summed E-state index contributed by atoms with van der Waals surface area (Å²) in [5, 5.41) is 11.8. The summed E-state index contributed by atoms with van der Waals surface area (Å²) in [6.07, 6.45) is 2.67. The third kappa shape index (κ3) is 4.46. The second-order valence-corrected chi connectivity index (χ2v) is 7.99. The molecule has 4 rings (SSSR count). The zero-order valence-electron chi connectivity index (χ0n) is 15.8. The van der Waals surface area contributed by atoms with Gasteiger partial charge in [0.25, 0.3) is 0 Å². The highest BCUT2D eigenvalue weighted by atomic mass is 15.3. The minimum Gasteiger partial charge on any atom is -0.370 e. The van der Waals surface area contributed by atoms with Crippen molar-refractivity contribution in [2.24, 2.45) is 11.8 Å². The van der Waals surface area contributed by atoms with Crippen molar-refractivity contribution < 1.29 is 0 Å². The Hall–Kier alpha value is -1.85. The van der Waals surface area contributed by atoms with E-state index < -0.39 is 0 Å². The van der Waals surface area contributed by atoms with Crippen molar-refractivity contribution in [2.45, 2.75) is 32.9 Å². The van der Waals surface area contributed by atoms with E-state index in [0.29, 0.717) is 5.92 Å². The lowest BCUT2D eigenvalue weighted by atomic mass is 9.97. The Balaban J connectivity index is 1.20. The molecule has 0 unspecified atom stereocenters. The molecule has 0 bridgehead atoms. The number of anilines is 1. The molecule has 5 heteroatoms. The molecule has 26 heavy (non-hydrogen) atoms. The molecule has 2 aliphatic rings. The summed E-state index contributed by atoms with van der Waals surface area (Å²) < 4.78 is 2.12. The van der Waals surface area contributed by atoms with Crippen LogP contribution in [-0.4, -0.2) is 47.4 Å². The monoisotopic (exact) mass is 353 g/mol. The SMILES string of the molecule is Cc1cc2n(n1)C[C@@H](CNC[C@H]1CCCN(Cc3ccccc3)C1)CN2. The molecule has 0 saturated carbocycles. The Kier molecular flexibility index (Phi) is 5.56. The lowest BCUT2D eigenvalue weighted by Gasteiger charge is -2.33.